The number of aromatic amines is 1. The quantitative estimate of drug-likeness (QED) is 0.829. The highest BCUT2D eigenvalue weighted by molar-refractivity contribution is 7.71. The van der Waals surface area contributed by atoms with Gasteiger partial charge in [0.2, 0.25) is 0 Å². The first-order valence-corrected chi connectivity index (χ1v) is 6.40. The average molecular weight is 250 g/mol. The maximum absolute atomic E-state index is 5.41. The lowest BCUT2D eigenvalue weighted by atomic mass is 10.1. The SMILES string of the molecule is CCC(CC)n1c(=S)[nH]c2cc(OC)ccc21. The number of nitrogens with zero attached hydrogens (tertiary/aromatic N) is 1. The van der Waals surface area contributed by atoms with Gasteiger partial charge in [-0.25, -0.2) is 0 Å². The van der Waals surface area contributed by atoms with Gasteiger partial charge in [0.25, 0.3) is 0 Å². The Bertz CT molecular complexity index is 566. The first kappa shape index (κ1) is 12.2. The summed E-state index contributed by atoms with van der Waals surface area (Å²) in [7, 11) is 1.67. The Balaban J connectivity index is 2.63. The predicted molar refractivity (Wildman–Crippen MR) is 73.3 cm³/mol. The van der Waals surface area contributed by atoms with E-state index in [-0.39, 0.29) is 0 Å². The predicted octanol–water partition coefficient (Wildman–Crippen LogP) is 4.07. The molecule has 0 aliphatic carbocycles. The van der Waals surface area contributed by atoms with Gasteiger partial charge in [-0.3, -0.25) is 0 Å². The Labute approximate surface area is 106 Å². The summed E-state index contributed by atoms with van der Waals surface area (Å²) in [5.74, 6) is 0.852. The van der Waals surface area contributed by atoms with E-state index in [2.05, 4.69) is 29.5 Å². The number of aromatic nitrogens is 2. The number of methoxy groups -OCH3 is 1. The van der Waals surface area contributed by atoms with E-state index in [1.165, 1.54) is 0 Å². The third kappa shape index (κ3) is 2.09. The fourth-order valence-corrected chi connectivity index (χ4v) is 2.61. The minimum absolute atomic E-state index is 0.463. The Kier molecular flexibility index (Phi) is 3.52. The van der Waals surface area contributed by atoms with Gasteiger partial charge in [0.15, 0.2) is 4.77 Å². The van der Waals surface area contributed by atoms with Crippen LogP contribution in [0, 0.1) is 4.77 Å². The monoisotopic (exact) mass is 250 g/mol. The number of nitrogens with one attached hydrogen (secondary N) is 1. The van der Waals surface area contributed by atoms with Crippen LogP contribution in [-0.4, -0.2) is 16.7 Å². The molecule has 1 aromatic carbocycles. The van der Waals surface area contributed by atoms with Crippen molar-refractivity contribution < 1.29 is 4.74 Å². The van der Waals surface area contributed by atoms with E-state index in [1.54, 1.807) is 7.11 Å². The molecule has 92 valence electrons. The number of H-pyrrole nitrogens is 1. The average Bonchev–Trinajstić information content (AvgIpc) is 2.67. The third-order valence-electron chi connectivity index (χ3n) is 3.23. The molecule has 0 aliphatic rings. The Morgan fingerprint density at radius 2 is 2.06 bits per heavy atom. The van der Waals surface area contributed by atoms with Crippen LogP contribution in [0.1, 0.15) is 32.7 Å². The van der Waals surface area contributed by atoms with Crippen LogP contribution in [-0.2, 0) is 0 Å². The van der Waals surface area contributed by atoms with Gasteiger partial charge in [0.1, 0.15) is 5.75 Å². The van der Waals surface area contributed by atoms with Crippen molar-refractivity contribution in [1.82, 2.24) is 9.55 Å². The van der Waals surface area contributed by atoms with Gasteiger partial charge in [-0.15, -0.1) is 0 Å². The smallest absolute Gasteiger partial charge is 0.178 e. The number of ether oxygens (including phenoxy) is 1. The van der Waals surface area contributed by atoms with Crippen molar-refractivity contribution in [2.75, 3.05) is 7.11 Å². The van der Waals surface area contributed by atoms with Gasteiger partial charge in [-0.1, -0.05) is 13.8 Å². The Morgan fingerprint density at radius 3 is 2.65 bits per heavy atom. The molecular weight excluding hydrogens is 232 g/mol. The molecule has 17 heavy (non-hydrogen) atoms. The minimum Gasteiger partial charge on any atom is -0.497 e. The second-order valence-electron chi connectivity index (χ2n) is 4.15. The maximum Gasteiger partial charge on any atom is 0.178 e. The largest absolute Gasteiger partial charge is 0.497 e. The van der Waals surface area contributed by atoms with Crippen molar-refractivity contribution in [2.24, 2.45) is 0 Å². The molecule has 1 N–H and O–H groups in total. The summed E-state index contributed by atoms with van der Waals surface area (Å²) in [6.45, 7) is 4.39. The molecular formula is C13H18N2OS. The van der Waals surface area contributed by atoms with Crippen LogP contribution in [0.4, 0.5) is 0 Å². The summed E-state index contributed by atoms with van der Waals surface area (Å²) in [5.41, 5.74) is 2.20. The second kappa shape index (κ2) is 4.92. The number of fused-ring (bicyclic) bond motifs is 1. The van der Waals surface area contributed by atoms with Gasteiger partial charge in [0, 0.05) is 12.1 Å². The molecule has 0 spiro atoms. The number of benzene rings is 1. The van der Waals surface area contributed by atoms with Crippen molar-refractivity contribution in [1.29, 1.82) is 0 Å². The molecule has 0 bridgehead atoms. The summed E-state index contributed by atoms with van der Waals surface area (Å²) in [6.07, 6.45) is 2.17. The molecule has 0 atom stereocenters. The topological polar surface area (TPSA) is 29.9 Å². The van der Waals surface area contributed by atoms with E-state index in [4.69, 9.17) is 17.0 Å². The summed E-state index contributed by atoms with van der Waals surface area (Å²) in [6, 6.07) is 6.50. The second-order valence-corrected chi connectivity index (χ2v) is 4.54. The van der Waals surface area contributed by atoms with Crippen LogP contribution < -0.4 is 4.74 Å². The zero-order valence-electron chi connectivity index (χ0n) is 10.5. The van der Waals surface area contributed by atoms with Crippen LogP contribution in [0.5, 0.6) is 5.75 Å². The lowest BCUT2D eigenvalue weighted by Gasteiger charge is -2.15. The first-order chi connectivity index (χ1) is 8.21. The van der Waals surface area contributed by atoms with Crippen LogP contribution in [0.25, 0.3) is 11.0 Å². The lowest BCUT2D eigenvalue weighted by Crippen LogP contribution is -2.06. The highest BCUT2D eigenvalue weighted by atomic mass is 32.1. The molecule has 0 unspecified atom stereocenters. The van der Waals surface area contributed by atoms with E-state index in [0.29, 0.717) is 6.04 Å². The standard InChI is InChI=1S/C13H18N2OS/c1-4-9(5-2)15-12-7-6-10(16-3)8-11(12)14-13(15)17/h6-9H,4-5H2,1-3H3,(H,14,17). The van der Waals surface area contributed by atoms with E-state index in [0.717, 1.165) is 34.4 Å². The number of rotatable bonds is 4. The molecule has 0 saturated carbocycles. The maximum atomic E-state index is 5.41. The molecule has 3 nitrogen and oxygen atoms in total. The number of hydrogen-bond acceptors (Lipinski definition) is 2. The lowest BCUT2D eigenvalue weighted by molar-refractivity contribution is 0.415. The molecule has 2 aromatic rings. The molecule has 2 rings (SSSR count). The summed E-state index contributed by atoms with van der Waals surface area (Å²) >= 11 is 5.41. The molecule has 0 saturated heterocycles. The highest BCUT2D eigenvalue weighted by Crippen LogP contribution is 2.26. The number of imidazole rings is 1. The van der Waals surface area contributed by atoms with Crippen molar-refractivity contribution in [3.8, 4) is 5.75 Å². The zero-order valence-corrected chi connectivity index (χ0v) is 11.3. The zero-order chi connectivity index (χ0) is 12.4. The highest BCUT2D eigenvalue weighted by Gasteiger charge is 2.12. The fraction of sp³-hybridized carbons (Fsp3) is 0.462. The Morgan fingerprint density at radius 1 is 1.35 bits per heavy atom. The summed E-state index contributed by atoms with van der Waals surface area (Å²) in [4.78, 5) is 3.25. The van der Waals surface area contributed by atoms with Crippen molar-refractivity contribution in [3.63, 3.8) is 0 Å². The van der Waals surface area contributed by atoms with Gasteiger partial charge in [-0.2, -0.15) is 0 Å². The van der Waals surface area contributed by atoms with Crippen LogP contribution in [0.3, 0.4) is 0 Å². The van der Waals surface area contributed by atoms with Crippen LogP contribution in [0.15, 0.2) is 18.2 Å². The Hall–Kier alpha value is -1.29. The van der Waals surface area contributed by atoms with Crippen molar-refractivity contribution in [3.05, 3.63) is 23.0 Å². The van der Waals surface area contributed by atoms with E-state index in [9.17, 15) is 0 Å². The van der Waals surface area contributed by atoms with Gasteiger partial charge in [0.05, 0.1) is 18.1 Å². The van der Waals surface area contributed by atoms with E-state index in [1.807, 2.05) is 12.1 Å². The molecule has 1 aromatic heterocycles. The third-order valence-corrected chi connectivity index (χ3v) is 3.53. The van der Waals surface area contributed by atoms with E-state index >= 15 is 0 Å². The van der Waals surface area contributed by atoms with Crippen LogP contribution >= 0.6 is 12.2 Å². The minimum atomic E-state index is 0.463. The van der Waals surface area contributed by atoms with Crippen molar-refractivity contribution in [2.45, 2.75) is 32.7 Å². The van der Waals surface area contributed by atoms with Gasteiger partial charge >= 0.3 is 0 Å². The van der Waals surface area contributed by atoms with Gasteiger partial charge < -0.3 is 14.3 Å². The number of hydrogen-bond donors (Lipinski definition) is 1. The van der Waals surface area contributed by atoms with E-state index < -0.39 is 0 Å². The molecule has 0 aliphatic heterocycles. The summed E-state index contributed by atoms with van der Waals surface area (Å²) in [5, 5.41) is 0. The molecule has 0 fully saturated rings. The van der Waals surface area contributed by atoms with Crippen molar-refractivity contribution >= 4 is 23.3 Å². The molecule has 0 amide bonds. The van der Waals surface area contributed by atoms with Gasteiger partial charge in [-0.05, 0) is 37.2 Å². The first-order valence-electron chi connectivity index (χ1n) is 5.99. The molecule has 4 heteroatoms. The summed E-state index contributed by atoms with van der Waals surface area (Å²) < 4.78 is 8.23. The normalized spacial score (nSPS) is 11.3. The van der Waals surface area contributed by atoms with Crippen LogP contribution in [0.2, 0.25) is 0 Å². The molecule has 0 radical (unpaired) electrons. The fourth-order valence-electron chi connectivity index (χ4n) is 2.25. The molecule has 1 heterocycles.